The molecule has 0 fully saturated rings. The van der Waals surface area contributed by atoms with E-state index in [0.29, 0.717) is 11.7 Å². The summed E-state index contributed by atoms with van der Waals surface area (Å²) in [7, 11) is 0. The number of benzene rings is 1. The van der Waals surface area contributed by atoms with Crippen molar-refractivity contribution in [2.24, 2.45) is 5.73 Å². The van der Waals surface area contributed by atoms with Crippen molar-refractivity contribution in [2.45, 2.75) is 43.7 Å². The number of amides is 1. The first-order chi connectivity index (χ1) is 10.5. The molecule has 0 radical (unpaired) electrons. The van der Waals surface area contributed by atoms with E-state index in [1.807, 2.05) is 30.3 Å². The Hall–Kier alpha value is -1.08. The second-order valence-corrected chi connectivity index (χ2v) is 7.16. The largest absolute Gasteiger partial charge is 0.394 e. The van der Waals surface area contributed by atoms with E-state index in [1.165, 1.54) is 0 Å². The molecule has 3 atom stereocenters. The van der Waals surface area contributed by atoms with Crippen molar-refractivity contribution in [3.8, 4) is 0 Å². The Kier molecular flexibility index (Phi) is 8.48. The molecule has 1 aromatic carbocycles. The molecular weight excluding hydrogens is 300 g/mol. The molecule has 0 aliphatic carbocycles. The van der Waals surface area contributed by atoms with Gasteiger partial charge in [0.1, 0.15) is 6.10 Å². The van der Waals surface area contributed by atoms with Gasteiger partial charge in [-0.25, -0.2) is 0 Å². The number of aliphatic hydroxyl groups is 2. The maximum absolute atomic E-state index is 12.1. The van der Waals surface area contributed by atoms with Gasteiger partial charge in [-0.15, -0.1) is 0 Å². The number of aliphatic hydroxyl groups excluding tert-OH is 2. The van der Waals surface area contributed by atoms with Crippen molar-refractivity contribution < 1.29 is 15.0 Å². The third-order valence-electron chi connectivity index (χ3n) is 3.28. The Balaban J connectivity index is 2.51. The van der Waals surface area contributed by atoms with Crippen LogP contribution in [0.25, 0.3) is 0 Å². The second-order valence-electron chi connectivity index (χ2n) is 5.47. The molecule has 1 rings (SSSR count). The molecule has 1 amide bonds. The SMILES string of the molecule is CC(C)SCC[C@@H](N)[C@H](O)C(=O)N[C@@H](CO)c1ccccc1. The molecular formula is C16H26N2O3S. The van der Waals surface area contributed by atoms with E-state index in [-0.39, 0.29) is 6.61 Å². The van der Waals surface area contributed by atoms with E-state index in [1.54, 1.807) is 11.8 Å². The van der Waals surface area contributed by atoms with Gasteiger partial charge in [-0.3, -0.25) is 4.79 Å². The Morgan fingerprint density at radius 2 is 1.95 bits per heavy atom. The van der Waals surface area contributed by atoms with Gasteiger partial charge >= 0.3 is 0 Å². The Morgan fingerprint density at radius 3 is 2.50 bits per heavy atom. The van der Waals surface area contributed by atoms with E-state index >= 15 is 0 Å². The molecule has 22 heavy (non-hydrogen) atoms. The van der Waals surface area contributed by atoms with Gasteiger partial charge in [-0.05, 0) is 23.0 Å². The molecule has 0 aromatic heterocycles. The minimum atomic E-state index is -1.27. The highest BCUT2D eigenvalue weighted by atomic mass is 32.2. The van der Waals surface area contributed by atoms with Crippen molar-refractivity contribution in [3.05, 3.63) is 35.9 Å². The quantitative estimate of drug-likeness (QED) is 0.544. The minimum Gasteiger partial charge on any atom is -0.394 e. The first kappa shape index (κ1) is 19.0. The molecule has 0 aliphatic heterocycles. The third kappa shape index (κ3) is 6.36. The van der Waals surface area contributed by atoms with Gasteiger partial charge in [0, 0.05) is 6.04 Å². The lowest BCUT2D eigenvalue weighted by atomic mass is 10.1. The highest BCUT2D eigenvalue weighted by Gasteiger charge is 2.25. The molecule has 5 nitrogen and oxygen atoms in total. The number of nitrogens with two attached hydrogens (primary N) is 1. The Bertz CT molecular complexity index is 442. The Morgan fingerprint density at radius 1 is 1.32 bits per heavy atom. The molecule has 124 valence electrons. The lowest BCUT2D eigenvalue weighted by molar-refractivity contribution is -0.131. The first-order valence-electron chi connectivity index (χ1n) is 7.47. The molecule has 0 aliphatic rings. The number of hydrogen-bond acceptors (Lipinski definition) is 5. The van der Waals surface area contributed by atoms with Gasteiger partial charge in [-0.1, -0.05) is 44.2 Å². The lowest BCUT2D eigenvalue weighted by Gasteiger charge is -2.22. The highest BCUT2D eigenvalue weighted by molar-refractivity contribution is 7.99. The zero-order valence-electron chi connectivity index (χ0n) is 13.1. The number of thioether (sulfide) groups is 1. The zero-order chi connectivity index (χ0) is 16.5. The normalized spacial score (nSPS) is 15.4. The summed E-state index contributed by atoms with van der Waals surface area (Å²) in [4.78, 5) is 12.1. The summed E-state index contributed by atoms with van der Waals surface area (Å²) in [5.74, 6) is 0.246. The summed E-state index contributed by atoms with van der Waals surface area (Å²) in [5, 5.41) is 22.6. The molecule has 0 saturated carbocycles. The summed E-state index contributed by atoms with van der Waals surface area (Å²) < 4.78 is 0. The third-order valence-corrected chi connectivity index (χ3v) is 4.42. The van der Waals surface area contributed by atoms with E-state index in [4.69, 9.17) is 5.73 Å². The predicted molar refractivity (Wildman–Crippen MR) is 90.6 cm³/mol. The Labute approximate surface area is 136 Å². The molecule has 0 spiro atoms. The van der Waals surface area contributed by atoms with Crippen LogP contribution in [0.3, 0.4) is 0 Å². The van der Waals surface area contributed by atoms with Crippen LogP contribution in [-0.4, -0.2) is 45.9 Å². The van der Waals surface area contributed by atoms with Crippen LogP contribution in [-0.2, 0) is 4.79 Å². The average Bonchev–Trinajstić information content (AvgIpc) is 2.51. The van der Waals surface area contributed by atoms with Crippen molar-refractivity contribution in [1.29, 1.82) is 0 Å². The van der Waals surface area contributed by atoms with Gasteiger partial charge in [0.15, 0.2) is 0 Å². The fraction of sp³-hybridized carbons (Fsp3) is 0.562. The van der Waals surface area contributed by atoms with Crippen molar-refractivity contribution >= 4 is 17.7 Å². The monoisotopic (exact) mass is 326 g/mol. The van der Waals surface area contributed by atoms with Crippen LogP contribution in [0.2, 0.25) is 0 Å². The van der Waals surface area contributed by atoms with Crippen LogP contribution in [0, 0.1) is 0 Å². The lowest BCUT2D eigenvalue weighted by Crippen LogP contribution is -2.48. The molecule has 0 bridgehead atoms. The number of carbonyl (C=O) groups excluding carboxylic acids is 1. The van der Waals surface area contributed by atoms with Gasteiger partial charge in [-0.2, -0.15) is 11.8 Å². The van der Waals surface area contributed by atoms with E-state index in [9.17, 15) is 15.0 Å². The smallest absolute Gasteiger partial charge is 0.251 e. The topological polar surface area (TPSA) is 95.6 Å². The van der Waals surface area contributed by atoms with Crippen LogP contribution < -0.4 is 11.1 Å². The number of carbonyl (C=O) groups is 1. The zero-order valence-corrected chi connectivity index (χ0v) is 13.9. The van der Waals surface area contributed by atoms with Crippen LogP contribution in [0.5, 0.6) is 0 Å². The molecule has 5 N–H and O–H groups in total. The standard InChI is InChI=1S/C16H26N2O3S/c1-11(2)22-9-8-13(17)15(20)16(21)18-14(10-19)12-6-4-3-5-7-12/h3-7,11,13-15,19-20H,8-10,17H2,1-2H3,(H,18,21)/t13-,14+,15+/m1/s1. The maximum atomic E-state index is 12.1. The van der Waals surface area contributed by atoms with Crippen molar-refractivity contribution in [2.75, 3.05) is 12.4 Å². The van der Waals surface area contributed by atoms with E-state index in [0.717, 1.165) is 11.3 Å². The second kappa shape index (κ2) is 9.84. The summed E-state index contributed by atoms with van der Waals surface area (Å²) in [5.41, 5.74) is 6.66. The highest BCUT2D eigenvalue weighted by Crippen LogP contribution is 2.14. The average molecular weight is 326 g/mol. The number of rotatable bonds is 9. The number of nitrogens with one attached hydrogen (secondary N) is 1. The van der Waals surface area contributed by atoms with Gasteiger partial charge in [0.2, 0.25) is 0 Å². The summed E-state index contributed by atoms with van der Waals surface area (Å²) in [6, 6.07) is 7.99. The molecule has 6 heteroatoms. The van der Waals surface area contributed by atoms with Crippen molar-refractivity contribution in [1.82, 2.24) is 5.32 Å². The molecule has 1 aromatic rings. The number of hydrogen-bond donors (Lipinski definition) is 4. The van der Waals surface area contributed by atoms with E-state index < -0.39 is 24.1 Å². The molecule has 0 heterocycles. The van der Waals surface area contributed by atoms with Crippen molar-refractivity contribution in [3.63, 3.8) is 0 Å². The fourth-order valence-electron chi connectivity index (χ4n) is 1.97. The van der Waals surface area contributed by atoms with Crippen LogP contribution in [0.15, 0.2) is 30.3 Å². The maximum Gasteiger partial charge on any atom is 0.251 e. The van der Waals surface area contributed by atoms with Crippen LogP contribution in [0.4, 0.5) is 0 Å². The fourth-order valence-corrected chi connectivity index (χ4v) is 2.85. The summed E-state index contributed by atoms with van der Waals surface area (Å²) >= 11 is 1.74. The molecule has 0 unspecified atom stereocenters. The van der Waals surface area contributed by atoms with Crippen LogP contribution >= 0.6 is 11.8 Å². The first-order valence-corrected chi connectivity index (χ1v) is 8.52. The predicted octanol–water partition coefficient (Wildman–Crippen LogP) is 1.06. The van der Waals surface area contributed by atoms with Gasteiger partial charge in [0.25, 0.3) is 5.91 Å². The van der Waals surface area contributed by atoms with Gasteiger partial charge < -0.3 is 21.3 Å². The van der Waals surface area contributed by atoms with E-state index in [2.05, 4.69) is 19.2 Å². The minimum absolute atomic E-state index is 0.235. The van der Waals surface area contributed by atoms with Crippen LogP contribution in [0.1, 0.15) is 31.9 Å². The van der Waals surface area contributed by atoms with Gasteiger partial charge in [0.05, 0.1) is 12.6 Å². The summed E-state index contributed by atoms with van der Waals surface area (Å²) in [6.07, 6.45) is -0.711. The molecule has 0 saturated heterocycles. The summed E-state index contributed by atoms with van der Waals surface area (Å²) in [6.45, 7) is 3.94.